The van der Waals surface area contributed by atoms with Crippen LogP contribution in [0, 0.1) is 5.82 Å². The van der Waals surface area contributed by atoms with E-state index in [1.54, 1.807) is 6.07 Å². The zero-order valence-electron chi connectivity index (χ0n) is 14.3. The standard InChI is InChI=1S/C19H21ClFN3OS/c20-16-12-15(6-7-17(16)21)22-19(26)23-18(14-4-2-1-3-5-14)13-24-8-10-25-11-9-24/h1-7,12,18H,8-11,13H2,(H2,22,23,26)/t18-/m0/s1. The van der Waals surface area contributed by atoms with Gasteiger partial charge in [0.2, 0.25) is 0 Å². The summed E-state index contributed by atoms with van der Waals surface area (Å²) in [6, 6.07) is 14.6. The minimum Gasteiger partial charge on any atom is -0.379 e. The lowest BCUT2D eigenvalue weighted by molar-refractivity contribution is 0.0344. The van der Waals surface area contributed by atoms with Crippen molar-refractivity contribution in [3.05, 3.63) is 64.9 Å². The lowest BCUT2D eigenvalue weighted by Gasteiger charge is -2.31. The molecule has 0 spiro atoms. The molecule has 2 aromatic rings. The topological polar surface area (TPSA) is 36.5 Å². The zero-order chi connectivity index (χ0) is 18.4. The molecule has 0 radical (unpaired) electrons. The molecule has 3 rings (SSSR count). The predicted molar refractivity (Wildman–Crippen MR) is 107 cm³/mol. The summed E-state index contributed by atoms with van der Waals surface area (Å²) in [5.41, 5.74) is 1.80. The number of ether oxygens (including phenoxy) is 1. The van der Waals surface area contributed by atoms with Crippen molar-refractivity contribution in [2.24, 2.45) is 0 Å². The second-order valence-corrected chi connectivity index (χ2v) is 6.92. The van der Waals surface area contributed by atoms with Gasteiger partial charge in [-0.25, -0.2) is 4.39 Å². The van der Waals surface area contributed by atoms with Crippen LogP contribution in [0.25, 0.3) is 0 Å². The molecule has 1 saturated heterocycles. The smallest absolute Gasteiger partial charge is 0.171 e. The molecular weight excluding hydrogens is 373 g/mol. The van der Waals surface area contributed by atoms with Crippen molar-refractivity contribution in [2.75, 3.05) is 38.2 Å². The first kappa shape index (κ1) is 19.0. The van der Waals surface area contributed by atoms with Gasteiger partial charge in [0.1, 0.15) is 5.82 Å². The van der Waals surface area contributed by atoms with E-state index in [1.807, 2.05) is 18.2 Å². The Bertz CT molecular complexity index is 741. The highest BCUT2D eigenvalue weighted by Crippen LogP contribution is 2.20. The first-order valence-electron chi connectivity index (χ1n) is 8.49. The number of benzene rings is 2. The number of thiocarbonyl (C=S) groups is 1. The highest BCUT2D eigenvalue weighted by molar-refractivity contribution is 7.80. The highest BCUT2D eigenvalue weighted by atomic mass is 35.5. The molecule has 0 bridgehead atoms. The normalized spacial score (nSPS) is 16.1. The number of nitrogens with zero attached hydrogens (tertiary/aromatic N) is 1. The van der Waals surface area contributed by atoms with Gasteiger partial charge in [0.25, 0.3) is 0 Å². The summed E-state index contributed by atoms with van der Waals surface area (Å²) in [6.07, 6.45) is 0. The number of halogens is 2. The van der Waals surface area contributed by atoms with Gasteiger partial charge in [-0.05, 0) is 36.0 Å². The Morgan fingerprint density at radius 1 is 1.19 bits per heavy atom. The fourth-order valence-electron chi connectivity index (χ4n) is 2.86. The third kappa shape index (κ3) is 5.38. The van der Waals surface area contributed by atoms with Gasteiger partial charge in [0.05, 0.1) is 24.3 Å². The van der Waals surface area contributed by atoms with E-state index in [2.05, 4.69) is 27.7 Å². The molecule has 1 heterocycles. The minimum atomic E-state index is -0.453. The molecule has 2 N–H and O–H groups in total. The van der Waals surface area contributed by atoms with Crippen molar-refractivity contribution in [3.63, 3.8) is 0 Å². The molecule has 1 aliphatic heterocycles. The molecule has 1 aliphatic rings. The van der Waals surface area contributed by atoms with E-state index < -0.39 is 5.82 Å². The highest BCUT2D eigenvalue weighted by Gasteiger charge is 2.19. The van der Waals surface area contributed by atoms with Gasteiger partial charge < -0.3 is 15.4 Å². The van der Waals surface area contributed by atoms with Crippen LogP contribution < -0.4 is 10.6 Å². The van der Waals surface area contributed by atoms with Crippen molar-refractivity contribution in [1.82, 2.24) is 10.2 Å². The monoisotopic (exact) mass is 393 g/mol. The Morgan fingerprint density at radius 3 is 2.62 bits per heavy atom. The maximum Gasteiger partial charge on any atom is 0.171 e. The summed E-state index contributed by atoms with van der Waals surface area (Å²) in [6.45, 7) is 4.12. The van der Waals surface area contributed by atoms with Crippen LogP contribution in [-0.4, -0.2) is 42.9 Å². The number of rotatable bonds is 5. The van der Waals surface area contributed by atoms with Gasteiger partial charge in [0, 0.05) is 25.3 Å². The van der Waals surface area contributed by atoms with Crippen LogP contribution >= 0.6 is 23.8 Å². The van der Waals surface area contributed by atoms with Crippen molar-refractivity contribution in [2.45, 2.75) is 6.04 Å². The molecular formula is C19H21ClFN3OS. The van der Waals surface area contributed by atoms with Gasteiger partial charge >= 0.3 is 0 Å². The Hall–Kier alpha value is -1.73. The first-order valence-corrected chi connectivity index (χ1v) is 9.28. The van der Waals surface area contributed by atoms with Gasteiger partial charge in [-0.3, -0.25) is 4.90 Å². The third-order valence-corrected chi connectivity index (χ3v) is 4.74. The van der Waals surface area contributed by atoms with Crippen LogP contribution in [0.15, 0.2) is 48.5 Å². The largest absolute Gasteiger partial charge is 0.379 e. The number of morpholine rings is 1. The summed E-state index contributed by atoms with van der Waals surface area (Å²) in [5, 5.41) is 6.97. The molecule has 1 atom stereocenters. The molecule has 0 unspecified atom stereocenters. The van der Waals surface area contributed by atoms with Crippen LogP contribution in [0.1, 0.15) is 11.6 Å². The molecule has 2 aromatic carbocycles. The molecule has 138 valence electrons. The lowest BCUT2D eigenvalue weighted by Crippen LogP contribution is -2.44. The van der Waals surface area contributed by atoms with E-state index in [0.29, 0.717) is 10.8 Å². The SMILES string of the molecule is Fc1ccc(NC(=S)N[C@@H](CN2CCOCC2)c2ccccc2)cc1Cl. The minimum absolute atomic E-state index is 0.0326. The third-order valence-electron chi connectivity index (χ3n) is 4.23. The summed E-state index contributed by atoms with van der Waals surface area (Å²) in [5.74, 6) is -0.453. The lowest BCUT2D eigenvalue weighted by atomic mass is 10.1. The van der Waals surface area contributed by atoms with Crippen LogP contribution in [0.3, 0.4) is 0 Å². The Morgan fingerprint density at radius 2 is 1.92 bits per heavy atom. The summed E-state index contributed by atoms with van der Waals surface area (Å²) in [7, 11) is 0. The average Bonchev–Trinajstić information content (AvgIpc) is 2.66. The van der Waals surface area contributed by atoms with Gasteiger partial charge in [-0.15, -0.1) is 0 Å². The Balaban J connectivity index is 1.67. The van der Waals surface area contributed by atoms with Gasteiger partial charge in [-0.2, -0.15) is 0 Å². The number of nitrogens with one attached hydrogen (secondary N) is 2. The van der Waals surface area contributed by atoms with Crippen molar-refractivity contribution in [3.8, 4) is 0 Å². The van der Waals surface area contributed by atoms with Crippen molar-refractivity contribution >= 4 is 34.6 Å². The maximum absolute atomic E-state index is 13.3. The molecule has 26 heavy (non-hydrogen) atoms. The van der Waals surface area contributed by atoms with Crippen LogP contribution in [0.2, 0.25) is 5.02 Å². The zero-order valence-corrected chi connectivity index (χ0v) is 15.8. The Kier molecular flexibility index (Phi) is 6.80. The van der Waals surface area contributed by atoms with Crippen molar-refractivity contribution in [1.29, 1.82) is 0 Å². The van der Waals surface area contributed by atoms with Crippen LogP contribution in [-0.2, 0) is 4.74 Å². The second kappa shape index (κ2) is 9.28. The fourth-order valence-corrected chi connectivity index (χ4v) is 3.30. The molecule has 0 saturated carbocycles. The first-order chi connectivity index (χ1) is 12.6. The van der Waals surface area contributed by atoms with Gasteiger partial charge in [0.15, 0.2) is 5.11 Å². The second-order valence-electron chi connectivity index (χ2n) is 6.10. The number of hydrogen-bond donors (Lipinski definition) is 2. The summed E-state index contributed by atoms with van der Waals surface area (Å²) < 4.78 is 18.7. The summed E-state index contributed by atoms with van der Waals surface area (Å²) in [4.78, 5) is 2.35. The predicted octanol–water partition coefficient (Wildman–Crippen LogP) is 3.84. The van der Waals surface area contributed by atoms with Crippen LogP contribution in [0.5, 0.6) is 0 Å². The maximum atomic E-state index is 13.3. The van der Waals surface area contributed by atoms with E-state index in [9.17, 15) is 4.39 Å². The Labute approximate surface area is 163 Å². The van der Waals surface area contributed by atoms with Crippen molar-refractivity contribution < 1.29 is 9.13 Å². The molecule has 0 aliphatic carbocycles. The molecule has 0 amide bonds. The van der Waals surface area contributed by atoms with Crippen LogP contribution in [0.4, 0.5) is 10.1 Å². The van der Waals surface area contributed by atoms with E-state index >= 15 is 0 Å². The summed E-state index contributed by atoms with van der Waals surface area (Å²) >= 11 is 11.3. The molecule has 1 fully saturated rings. The van der Waals surface area contributed by atoms with E-state index in [-0.39, 0.29) is 11.1 Å². The average molecular weight is 394 g/mol. The fraction of sp³-hybridized carbons (Fsp3) is 0.316. The number of anilines is 1. The van der Waals surface area contributed by atoms with E-state index in [1.165, 1.54) is 12.1 Å². The van der Waals surface area contributed by atoms with E-state index in [0.717, 1.165) is 38.4 Å². The van der Waals surface area contributed by atoms with Gasteiger partial charge in [-0.1, -0.05) is 41.9 Å². The molecule has 0 aromatic heterocycles. The molecule has 7 heteroatoms. The number of hydrogen-bond acceptors (Lipinski definition) is 3. The molecule has 4 nitrogen and oxygen atoms in total. The van der Waals surface area contributed by atoms with E-state index in [4.69, 9.17) is 28.6 Å². The quantitative estimate of drug-likeness (QED) is 0.755.